The van der Waals surface area contributed by atoms with Crippen LogP contribution in [0, 0.1) is 0 Å². The Morgan fingerprint density at radius 1 is 1.00 bits per heavy atom. The van der Waals surface area contributed by atoms with Gasteiger partial charge in [0.05, 0.1) is 24.6 Å². The van der Waals surface area contributed by atoms with Gasteiger partial charge in [0.2, 0.25) is 11.8 Å². The van der Waals surface area contributed by atoms with Crippen molar-refractivity contribution in [3.05, 3.63) is 65.7 Å². The maximum absolute atomic E-state index is 13.5. The van der Waals surface area contributed by atoms with Crippen LogP contribution in [0.2, 0.25) is 0 Å². The molecule has 4 rings (SSSR count). The Kier molecular flexibility index (Phi) is 8.92. The highest BCUT2D eigenvalue weighted by molar-refractivity contribution is 5.97. The molecule has 2 aliphatic heterocycles. The fourth-order valence-electron chi connectivity index (χ4n) is 4.42. The molecule has 41 heavy (non-hydrogen) atoms. The standard InChI is InChI=1S/C27H27N5O9/c33-16-19(15-23(35)36)28-25(38)21-7-4-13-31-22(34)12-14-30(27(40)32(21)31)29-24(37)17-8-10-20(11-9-17)41-26(39)18-5-2-1-3-6-18/h1-3,5-6,8-11,16,19,21H,4,7,12-15H2,(H,28,38)(H,29,37)(H,35,36). The fourth-order valence-corrected chi connectivity index (χ4v) is 4.42. The molecule has 214 valence electrons. The van der Waals surface area contributed by atoms with Gasteiger partial charge in [-0.3, -0.25) is 24.6 Å². The first-order valence-electron chi connectivity index (χ1n) is 12.7. The maximum atomic E-state index is 13.5. The minimum absolute atomic E-state index is 0.125. The Balaban J connectivity index is 1.45. The molecule has 14 nitrogen and oxygen atoms in total. The van der Waals surface area contributed by atoms with E-state index in [1.807, 2.05) is 0 Å². The van der Waals surface area contributed by atoms with Crippen LogP contribution in [0.4, 0.5) is 4.79 Å². The van der Waals surface area contributed by atoms with Crippen molar-refractivity contribution in [1.82, 2.24) is 25.8 Å². The zero-order valence-corrected chi connectivity index (χ0v) is 21.7. The second kappa shape index (κ2) is 12.7. The number of hydrogen-bond acceptors (Lipinski definition) is 8. The maximum Gasteiger partial charge on any atom is 0.358 e. The van der Waals surface area contributed by atoms with E-state index in [1.165, 1.54) is 24.3 Å². The third-order valence-electron chi connectivity index (χ3n) is 6.43. The number of aliphatic carboxylic acids is 1. The number of carbonyl (C=O) groups is 7. The van der Waals surface area contributed by atoms with Crippen LogP contribution >= 0.6 is 0 Å². The van der Waals surface area contributed by atoms with Crippen LogP contribution in [0.15, 0.2) is 54.6 Å². The first-order valence-corrected chi connectivity index (χ1v) is 12.7. The molecular weight excluding hydrogens is 538 g/mol. The molecule has 2 aliphatic rings. The van der Waals surface area contributed by atoms with Crippen molar-refractivity contribution >= 4 is 42.0 Å². The Labute approximate surface area is 233 Å². The van der Waals surface area contributed by atoms with E-state index in [0.717, 1.165) is 15.0 Å². The number of ether oxygens (including phenoxy) is 1. The van der Waals surface area contributed by atoms with Crippen LogP contribution in [0.5, 0.6) is 5.75 Å². The summed E-state index contributed by atoms with van der Waals surface area (Å²) in [5.41, 5.74) is 2.93. The van der Waals surface area contributed by atoms with Gasteiger partial charge in [0.15, 0.2) is 0 Å². The zero-order chi connectivity index (χ0) is 29.5. The molecule has 2 fully saturated rings. The highest BCUT2D eigenvalue weighted by Crippen LogP contribution is 2.24. The summed E-state index contributed by atoms with van der Waals surface area (Å²) in [6.07, 6.45) is 0.0193. The Morgan fingerprint density at radius 2 is 1.71 bits per heavy atom. The van der Waals surface area contributed by atoms with E-state index in [4.69, 9.17) is 9.84 Å². The van der Waals surface area contributed by atoms with Crippen LogP contribution in [0.25, 0.3) is 0 Å². The lowest BCUT2D eigenvalue weighted by molar-refractivity contribution is -0.155. The van der Waals surface area contributed by atoms with Crippen LogP contribution in [-0.2, 0) is 19.2 Å². The number of hydrogen-bond donors (Lipinski definition) is 3. The molecule has 0 radical (unpaired) electrons. The van der Waals surface area contributed by atoms with Crippen LogP contribution in [-0.4, -0.2) is 87.3 Å². The summed E-state index contributed by atoms with van der Waals surface area (Å²) in [6.45, 7) is -0.0148. The second-order valence-corrected chi connectivity index (χ2v) is 9.27. The number of urea groups is 1. The van der Waals surface area contributed by atoms with Gasteiger partial charge in [0, 0.05) is 18.5 Å². The number of carbonyl (C=O) groups excluding carboxylic acids is 6. The molecule has 0 spiro atoms. The number of nitrogens with one attached hydrogen (secondary N) is 2. The average molecular weight is 566 g/mol. The van der Waals surface area contributed by atoms with E-state index in [9.17, 15) is 33.6 Å². The lowest BCUT2D eigenvalue weighted by Crippen LogP contribution is -2.64. The van der Waals surface area contributed by atoms with Gasteiger partial charge in [-0.05, 0) is 49.2 Å². The number of benzene rings is 2. The number of aldehydes is 1. The Hall–Kier alpha value is -5.27. The number of esters is 1. The van der Waals surface area contributed by atoms with Crippen molar-refractivity contribution in [2.24, 2.45) is 0 Å². The topological polar surface area (TPSA) is 183 Å². The van der Waals surface area contributed by atoms with Crippen molar-refractivity contribution in [3.8, 4) is 5.75 Å². The van der Waals surface area contributed by atoms with Crippen molar-refractivity contribution < 1.29 is 43.4 Å². The van der Waals surface area contributed by atoms with Crippen LogP contribution < -0.4 is 15.5 Å². The van der Waals surface area contributed by atoms with Gasteiger partial charge < -0.3 is 20.0 Å². The third-order valence-corrected chi connectivity index (χ3v) is 6.43. The molecule has 14 heteroatoms. The van der Waals surface area contributed by atoms with Gasteiger partial charge >= 0.3 is 18.0 Å². The molecule has 2 aromatic rings. The van der Waals surface area contributed by atoms with Crippen LogP contribution in [0.1, 0.15) is 46.4 Å². The summed E-state index contributed by atoms with van der Waals surface area (Å²) in [5.74, 6) is -3.63. The predicted molar refractivity (Wildman–Crippen MR) is 139 cm³/mol. The van der Waals surface area contributed by atoms with Gasteiger partial charge in [0.25, 0.3) is 5.91 Å². The molecule has 3 N–H and O–H groups in total. The SMILES string of the molecule is O=CC(CC(=O)O)NC(=O)C1CCCN2C(=O)CCN(NC(=O)c3ccc(OC(=O)c4ccccc4)cc3)C(=O)N12. The number of carboxylic acid groups (broad SMARTS) is 1. The molecule has 2 saturated heterocycles. The van der Waals surface area contributed by atoms with Gasteiger partial charge in [-0.2, -0.15) is 0 Å². The second-order valence-electron chi connectivity index (χ2n) is 9.27. The van der Waals surface area contributed by atoms with Crippen molar-refractivity contribution in [3.63, 3.8) is 0 Å². The zero-order valence-electron chi connectivity index (χ0n) is 21.7. The number of amides is 5. The number of nitrogens with zero attached hydrogens (tertiary/aromatic N) is 3. The number of fused-ring (bicyclic) bond motifs is 1. The van der Waals surface area contributed by atoms with Crippen LogP contribution in [0.3, 0.4) is 0 Å². The van der Waals surface area contributed by atoms with Gasteiger partial charge in [-0.15, -0.1) is 0 Å². The van der Waals surface area contributed by atoms with E-state index >= 15 is 0 Å². The number of carboxylic acids is 1. The highest BCUT2D eigenvalue weighted by atomic mass is 16.5. The van der Waals surface area contributed by atoms with Crippen molar-refractivity contribution in [2.75, 3.05) is 13.1 Å². The Morgan fingerprint density at radius 3 is 2.37 bits per heavy atom. The molecule has 5 amide bonds. The summed E-state index contributed by atoms with van der Waals surface area (Å²) in [5, 5.41) is 14.2. The Bertz CT molecular complexity index is 1350. The third kappa shape index (κ3) is 6.84. The summed E-state index contributed by atoms with van der Waals surface area (Å²) in [6, 6.07) is 10.6. The van der Waals surface area contributed by atoms with E-state index in [2.05, 4.69) is 10.7 Å². The van der Waals surface area contributed by atoms with E-state index in [-0.39, 0.29) is 43.5 Å². The van der Waals surface area contributed by atoms with Crippen molar-refractivity contribution in [1.29, 1.82) is 0 Å². The van der Waals surface area contributed by atoms with E-state index in [0.29, 0.717) is 12.0 Å². The van der Waals surface area contributed by atoms with Gasteiger partial charge in [-0.1, -0.05) is 18.2 Å². The average Bonchev–Trinajstić information content (AvgIpc) is 3.09. The normalized spacial score (nSPS) is 17.6. The lowest BCUT2D eigenvalue weighted by Gasteiger charge is -2.42. The summed E-state index contributed by atoms with van der Waals surface area (Å²) >= 11 is 0. The molecule has 0 saturated carbocycles. The molecule has 0 aromatic heterocycles. The first kappa shape index (κ1) is 28.7. The highest BCUT2D eigenvalue weighted by Gasteiger charge is 2.44. The monoisotopic (exact) mass is 565 g/mol. The van der Waals surface area contributed by atoms with Gasteiger partial charge in [0.1, 0.15) is 18.1 Å². The van der Waals surface area contributed by atoms with Crippen molar-refractivity contribution in [2.45, 2.75) is 37.8 Å². The molecule has 2 heterocycles. The quantitative estimate of drug-likeness (QED) is 0.224. The lowest BCUT2D eigenvalue weighted by atomic mass is 10.1. The minimum Gasteiger partial charge on any atom is -0.481 e. The summed E-state index contributed by atoms with van der Waals surface area (Å²) in [4.78, 5) is 86.7. The molecule has 0 aliphatic carbocycles. The molecule has 0 bridgehead atoms. The molecular formula is C27H27N5O9. The first-order chi connectivity index (χ1) is 19.7. The minimum atomic E-state index is -1.32. The van der Waals surface area contributed by atoms with E-state index < -0.39 is 54.2 Å². The molecule has 2 unspecified atom stereocenters. The largest absolute Gasteiger partial charge is 0.481 e. The predicted octanol–water partition coefficient (Wildman–Crippen LogP) is 0.743. The summed E-state index contributed by atoms with van der Waals surface area (Å²) in [7, 11) is 0. The smallest absolute Gasteiger partial charge is 0.358 e. The summed E-state index contributed by atoms with van der Waals surface area (Å²) < 4.78 is 5.30. The molecule has 2 atom stereocenters. The molecule has 2 aromatic carbocycles. The number of hydrazine groups is 2. The van der Waals surface area contributed by atoms with E-state index in [1.54, 1.807) is 30.3 Å². The van der Waals surface area contributed by atoms with Gasteiger partial charge in [-0.25, -0.2) is 24.6 Å². The number of rotatable bonds is 9. The fraction of sp³-hybridized carbons (Fsp3) is 0.296.